The highest BCUT2D eigenvalue weighted by Crippen LogP contribution is 2.40. The second-order valence-electron chi connectivity index (χ2n) is 8.07. The average molecular weight is 417 g/mol. The normalized spacial score (nSPS) is 16.4. The summed E-state index contributed by atoms with van der Waals surface area (Å²) in [5.74, 6) is -0.604. The first-order chi connectivity index (χ1) is 13.6. The lowest BCUT2D eigenvalue weighted by molar-refractivity contribution is -0.402. The third-order valence-corrected chi connectivity index (χ3v) is 6.26. The number of hydrogen-bond donors (Lipinski definition) is 2. The maximum atomic E-state index is 12.4. The molecule has 9 heteroatoms. The van der Waals surface area contributed by atoms with Gasteiger partial charge >= 0.3 is 5.88 Å². The molecule has 1 aliphatic rings. The minimum absolute atomic E-state index is 0.164. The molecule has 2 aromatic heterocycles. The highest BCUT2D eigenvalue weighted by Gasteiger charge is 2.30. The van der Waals surface area contributed by atoms with E-state index in [4.69, 9.17) is 4.42 Å². The number of hydrazine groups is 1. The van der Waals surface area contributed by atoms with Gasteiger partial charge in [-0.2, -0.15) is 0 Å². The highest BCUT2D eigenvalue weighted by molar-refractivity contribution is 7.14. The first-order valence-corrected chi connectivity index (χ1v) is 10.1. The fourth-order valence-corrected chi connectivity index (χ4v) is 4.39. The molecule has 0 spiro atoms. The quantitative estimate of drug-likeness (QED) is 0.445. The van der Waals surface area contributed by atoms with Crippen molar-refractivity contribution in [3.05, 3.63) is 55.5 Å². The van der Waals surface area contributed by atoms with Crippen molar-refractivity contribution in [2.24, 2.45) is 11.3 Å². The number of nitrogens with zero attached hydrogens (tertiary/aromatic N) is 1. The van der Waals surface area contributed by atoms with Crippen molar-refractivity contribution in [1.29, 1.82) is 0 Å². The van der Waals surface area contributed by atoms with E-state index in [1.165, 1.54) is 40.0 Å². The van der Waals surface area contributed by atoms with E-state index in [9.17, 15) is 19.7 Å². The molecular formula is C20H23N3O5S. The Morgan fingerprint density at radius 2 is 2.07 bits per heavy atom. The predicted molar refractivity (Wildman–Crippen MR) is 109 cm³/mol. The van der Waals surface area contributed by atoms with E-state index in [1.54, 1.807) is 0 Å². The summed E-state index contributed by atoms with van der Waals surface area (Å²) in [5, 5.41) is 10.6. The molecule has 2 aromatic rings. The number of amides is 2. The Bertz CT molecular complexity index is 967. The molecule has 1 atom stereocenters. The van der Waals surface area contributed by atoms with Crippen LogP contribution in [0.3, 0.4) is 0 Å². The lowest BCUT2D eigenvalue weighted by Gasteiger charge is -2.33. The van der Waals surface area contributed by atoms with Gasteiger partial charge in [0.15, 0.2) is 0 Å². The molecule has 2 heterocycles. The summed E-state index contributed by atoms with van der Waals surface area (Å²) in [6.45, 7) is 6.73. The van der Waals surface area contributed by atoms with E-state index in [0.717, 1.165) is 25.3 Å². The van der Waals surface area contributed by atoms with E-state index in [1.807, 2.05) is 6.07 Å². The van der Waals surface area contributed by atoms with Crippen molar-refractivity contribution in [3.63, 3.8) is 0 Å². The molecular weight excluding hydrogens is 394 g/mol. The second kappa shape index (κ2) is 8.20. The fourth-order valence-electron chi connectivity index (χ4n) is 3.28. The maximum Gasteiger partial charge on any atom is 0.433 e. The van der Waals surface area contributed by atoms with Crippen molar-refractivity contribution in [1.82, 2.24) is 10.9 Å². The number of nitrogens with one attached hydrogen (secondary N) is 2. The minimum atomic E-state index is -0.665. The van der Waals surface area contributed by atoms with Gasteiger partial charge in [0.2, 0.25) is 0 Å². The summed E-state index contributed by atoms with van der Waals surface area (Å²) in [4.78, 5) is 35.9. The summed E-state index contributed by atoms with van der Waals surface area (Å²) < 4.78 is 4.92. The summed E-state index contributed by atoms with van der Waals surface area (Å²) in [6, 6.07) is 4.49. The Kier molecular flexibility index (Phi) is 5.88. The molecule has 0 radical (unpaired) electrons. The molecule has 0 fully saturated rings. The van der Waals surface area contributed by atoms with E-state index in [2.05, 4.69) is 31.6 Å². The standard InChI is InChI=1S/C20H23N3O5S/c1-20(2,3)13-4-7-15-12(10-13)11-16(29-15)19(25)22-21-17(24)8-5-14-6-9-18(28-14)23(26)27/h5-6,8-9,11,13H,4,7,10H2,1-3H3,(H,21,24)(H,22,25)/b8-5+/t13-/m1/s1. The van der Waals surface area contributed by atoms with E-state index in [0.29, 0.717) is 10.8 Å². The van der Waals surface area contributed by atoms with Crippen LogP contribution < -0.4 is 10.9 Å². The van der Waals surface area contributed by atoms with Gasteiger partial charge in [0.1, 0.15) is 10.7 Å². The Morgan fingerprint density at radius 1 is 1.31 bits per heavy atom. The van der Waals surface area contributed by atoms with Crippen molar-refractivity contribution < 1.29 is 18.9 Å². The van der Waals surface area contributed by atoms with Crippen molar-refractivity contribution in [2.75, 3.05) is 0 Å². The maximum absolute atomic E-state index is 12.4. The zero-order chi connectivity index (χ0) is 21.2. The molecule has 0 saturated heterocycles. The van der Waals surface area contributed by atoms with Gasteiger partial charge in [-0.15, -0.1) is 11.3 Å². The van der Waals surface area contributed by atoms with E-state index in [-0.39, 0.29) is 17.1 Å². The summed E-state index contributed by atoms with van der Waals surface area (Å²) in [6.07, 6.45) is 5.46. The summed E-state index contributed by atoms with van der Waals surface area (Å²) >= 11 is 1.46. The van der Waals surface area contributed by atoms with Gasteiger partial charge in [0, 0.05) is 11.0 Å². The van der Waals surface area contributed by atoms with Gasteiger partial charge in [-0.25, -0.2) is 0 Å². The highest BCUT2D eigenvalue weighted by atomic mass is 32.1. The topological polar surface area (TPSA) is 114 Å². The first kappa shape index (κ1) is 20.8. The SMILES string of the molecule is CC(C)(C)[C@@H]1CCc2sc(C(=O)NNC(=O)/C=C/c3ccc([N+](=O)[O-])o3)cc2C1. The third kappa shape index (κ3) is 5.11. The molecule has 0 aromatic carbocycles. The van der Waals surface area contributed by atoms with Crippen LogP contribution in [-0.4, -0.2) is 16.7 Å². The zero-order valence-electron chi connectivity index (χ0n) is 16.5. The fraction of sp³-hybridized carbons (Fsp3) is 0.400. The zero-order valence-corrected chi connectivity index (χ0v) is 17.3. The molecule has 2 N–H and O–H groups in total. The van der Waals surface area contributed by atoms with Crippen LogP contribution in [0, 0.1) is 21.4 Å². The van der Waals surface area contributed by atoms with Crippen LogP contribution in [0.2, 0.25) is 0 Å². The van der Waals surface area contributed by atoms with E-state index >= 15 is 0 Å². The van der Waals surface area contributed by atoms with Crippen LogP contribution in [0.5, 0.6) is 0 Å². The number of carbonyl (C=O) groups excluding carboxylic acids is 2. The molecule has 154 valence electrons. The molecule has 0 unspecified atom stereocenters. The van der Waals surface area contributed by atoms with Gasteiger partial charge in [-0.1, -0.05) is 20.8 Å². The number of hydrogen-bond acceptors (Lipinski definition) is 6. The van der Waals surface area contributed by atoms with Gasteiger partial charge < -0.3 is 4.42 Å². The third-order valence-electron chi connectivity index (χ3n) is 5.02. The summed E-state index contributed by atoms with van der Waals surface area (Å²) in [5.41, 5.74) is 6.14. The number of furan rings is 1. The van der Waals surface area contributed by atoms with E-state index < -0.39 is 16.7 Å². The summed E-state index contributed by atoms with van der Waals surface area (Å²) in [7, 11) is 0. The molecule has 8 nitrogen and oxygen atoms in total. The molecule has 0 aliphatic heterocycles. The monoisotopic (exact) mass is 417 g/mol. The van der Waals surface area contributed by atoms with Gasteiger partial charge in [0.05, 0.1) is 10.9 Å². The van der Waals surface area contributed by atoms with Gasteiger partial charge in [-0.3, -0.25) is 30.6 Å². The van der Waals surface area contributed by atoms with Crippen LogP contribution in [0.25, 0.3) is 6.08 Å². The Hall–Kier alpha value is -2.94. The van der Waals surface area contributed by atoms with Crippen LogP contribution in [0.1, 0.15) is 53.1 Å². The predicted octanol–water partition coefficient (Wildman–Crippen LogP) is 3.87. The number of aryl methyl sites for hydroxylation is 1. The largest absolute Gasteiger partial charge is 0.433 e. The van der Waals surface area contributed by atoms with Crippen molar-refractivity contribution in [2.45, 2.75) is 40.0 Å². The number of fused-ring (bicyclic) bond motifs is 1. The minimum Gasteiger partial charge on any atom is -0.401 e. The van der Waals surface area contributed by atoms with Crippen molar-refractivity contribution in [3.8, 4) is 0 Å². The Balaban J connectivity index is 1.54. The van der Waals surface area contributed by atoms with Crippen LogP contribution >= 0.6 is 11.3 Å². The van der Waals surface area contributed by atoms with Crippen LogP contribution in [0.4, 0.5) is 5.88 Å². The van der Waals surface area contributed by atoms with Gasteiger partial charge in [-0.05, 0) is 54.4 Å². The second-order valence-corrected chi connectivity index (χ2v) is 9.21. The van der Waals surface area contributed by atoms with Crippen molar-refractivity contribution >= 4 is 35.1 Å². The molecule has 0 bridgehead atoms. The lowest BCUT2D eigenvalue weighted by Crippen LogP contribution is -2.40. The first-order valence-electron chi connectivity index (χ1n) is 9.27. The van der Waals surface area contributed by atoms with Crippen LogP contribution in [0.15, 0.2) is 28.7 Å². The number of rotatable bonds is 4. The Labute approximate surface area is 172 Å². The average Bonchev–Trinajstić information content (AvgIpc) is 3.29. The lowest BCUT2D eigenvalue weighted by atomic mass is 9.72. The molecule has 1 aliphatic carbocycles. The van der Waals surface area contributed by atoms with Crippen LogP contribution in [-0.2, 0) is 17.6 Å². The smallest absolute Gasteiger partial charge is 0.401 e. The Morgan fingerprint density at radius 3 is 2.72 bits per heavy atom. The number of carbonyl (C=O) groups is 2. The van der Waals surface area contributed by atoms with Gasteiger partial charge in [0.25, 0.3) is 11.8 Å². The molecule has 29 heavy (non-hydrogen) atoms. The molecule has 2 amide bonds. The molecule has 0 saturated carbocycles. The number of nitro groups is 1. The number of thiophene rings is 1. The molecule has 3 rings (SSSR count).